The fourth-order valence-electron chi connectivity index (χ4n) is 1.27. The summed E-state index contributed by atoms with van der Waals surface area (Å²) in [6.45, 7) is 12.8. The zero-order chi connectivity index (χ0) is 11.1. The van der Waals surface area contributed by atoms with Gasteiger partial charge in [-0.15, -0.1) is 0 Å². The van der Waals surface area contributed by atoms with Crippen molar-refractivity contribution in [1.29, 1.82) is 0 Å². The Morgan fingerprint density at radius 3 is 1.93 bits per heavy atom. The van der Waals surface area contributed by atoms with Gasteiger partial charge in [-0.05, 0) is 12.3 Å². The van der Waals surface area contributed by atoms with E-state index < -0.39 is 0 Å². The van der Waals surface area contributed by atoms with Gasteiger partial charge in [0.25, 0.3) is 0 Å². The van der Waals surface area contributed by atoms with E-state index in [1.54, 1.807) is 0 Å². The first-order valence-corrected chi connectivity index (χ1v) is 4.90. The van der Waals surface area contributed by atoms with Gasteiger partial charge in [0, 0.05) is 11.0 Å². The predicted octanol–water partition coefficient (Wildman–Crippen LogP) is 2.89. The molecular weight excluding hydrogens is 176 g/mol. The van der Waals surface area contributed by atoms with Crippen LogP contribution in [-0.2, 0) is 5.41 Å². The van der Waals surface area contributed by atoms with E-state index >= 15 is 0 Å². The molecule has 14 heavy (non-hydrogen) atoms. The Morgan fingerprint density at radius 1 is 1.14 bits per heavy atom. The van der Waals surface area contributed by atoms with Crippen molar-refractivity contribution in [2.75, 3.05) is 5.73 Å². The summed E-state index contributed by atoms with van der Waals surface area (Å²) in [5.74, 6) is 1.39. The van der Waals surface area contributed by atoms with Crippen LogP contribution in [0.1, 0.15) is 45.9 Å². The summed E-state index contributed by atoms with van der Waals surface area (Å²) in [5, 5.41) is 3.80. The second kappa shape index (κ2) is 3.01. The van der Waals surface area contributed by atoms with Crippen molar-refractivity contribution in [3.63, 3.8) is 0 Å². The number of hydrogen-bond donors (Lipinski definition) is 1. The standard InChI is InChI=1S/C11H20N2O/c1-7-8(14-13-9(7)12)11(5,6)10(2,3)4/h1-6H3,(H2,12,13). The van der Waals surface area contributed by atoms with Crippen LogP contribution >= 0.6 is 0 Å². The van der Waals surface area contributed by atoms with Crippen LogP contribution in [0.3, 0.4) is 0 Å². The number of nitrogens with zero attached hydrogens (tertiary/aromatic N) is 1. The molecule has 0 aliphatic carbocycles. The number of anilines is 1. The molecule has 0 spiro atoms. The minimum absolute atomic E-state index is 0.0678. The van der Waals surface area contributed by atoms with Gasteiger partial charge in [-0.1, -0.05) is 39.8 Å². The van der Waals surface area contributed by atoms with Crippen molar-refractivity contribution in [2.45, 2.75) is 47.0 Å². The highest BCUT2D eigenvalue weighted by Crippen LogP contribution is 2.42. The van der Waals surface area contributed by atoms with Gasteiger partial charge in [-0.2, -0.15) is 0 Å². The average molecular weight is 196 g/mol. The third-order valence-corrected chi connectivity index (χ3v) is 3.40. The van der Waals surface area contributed by atoms with Gasteiger partial charge in [-0.3, -0.25) is 0 Å². The molecule has 0 fully saturated rings. The zero-order valence-electron chi connectivity index (χ0n) is 9.93. The molecule has 0 unspecified atom stereocenters. The summed E-state index contributed by atoms with van der Waals surface area (Å²) in [4.78, 5) is 0. The molecular formula is C11H20N2O. The molecule has 0 radical (unpaired) electrons. The van der Waals surface area contributed by atoms with Crippen LogP contribution in [0.25, 0.3) is 0 Å². The molecule has 0 amide bonds. The van der Waals surface area contributed by atoms with Crippen LogP contribution in [0, 0.1) is 12.3 Å². The Kier molecular flexibility index (Phi) is 2.38. The molecule has 3 nitrogen and oxygen atoms in total. The lowest BCUT2D eigenvalue weighted by Gasteiger charge is -2.36. The number of aromatic nitrogens is 1. The summed E-state index contributed by atoms with van der Waals surface area (Å²) in [5.41, 5.74) is 6.69. The van der Waals surface area contributed by atoms with E-state index in [-0.39, 0.29) is 10.8 Å². The summed E-state index contributed by atoms with van der Waals surface area (Å²) < 4.78 is 5.31. The highest BCUT2D eigenvalue weighted by atomic mass is 16.5. The minimum Gasteiger partial charge on any atom is -0.381 e. The summed E-state index contributed by atoms with van der Waals surface area (Å²) >= 11 is 0. The Bertz CT molecular complexity index is 332. The second-order valence-electron chi connectivity index (χ2n) is 5.40. The predicted molar refractivity (Wildman–Crippen MR) is 58.1 cm³/mol. The largest absolute Gasteiger partial charge is 0.381 e. The molecule has 1 aromatic heterocycles. The van der Waals surface area contributed by atoms with Gasteiger partial charge >= 0.3 is 0 Å². The van der Waals surface area contributed by atoms with E-state index in [0.29, 0.717) is 5.82 Å². The molecule has 0 aliphatic rings. The van der Waals surface area contributed by atoms with E-state index in [1.165, 1.54) is 0 Å². The van der Waals surface area contributed by atoms with Crippen molar-refractivity contribution in [3.8, 4) is 0 Å². The van der Waals surface area contributed by atoms with E-state index in [0.717, 1.165) is 11.3 Å². The van der Waals surface area contributed by atoms with Crippen molar-refractivity contribution < 1.29 is 4.52 Å². The van der Waals surface area contributed by atoms with Crippen molar-refractivity contribution >= 4 is 5.82 Å². The van der Waals surface area contributed by atoms with Gasteiger partial charge in [0.15, 0.2) is 5.82 Å². The molecule has 1 aromatic rings. The van der Waals surface area contributed by atoms with Crippen molar-refractivity contribution in [2.24, 2.45) is 5.41 Å². The Labute approximate surface area is 85.7 Å². The Morgan fingerprint density at radius 2 is 1.64 bits per heavy atom. The fraction of sp³-hybridized carbons (Fsp3) is 0.727. The average Bonchev–Trinajstić information content (AvgIpc) is 2.30. The third kappa shape index (κ3) is 1.51. The minimum atomic E-state index is -0.0678. The molecule has 0 saturated heterocycles. The van der Waals surface area contributed by atoms with Crippen LogP contribution in [0.2, 0.25) is 0 Å². The quantitative estimate of drug-likeness (QED) is 0.751. The zero-order valence-corrected chi connectivity index (χ0v) is 9.93. The second-order valence-corrected chi connectivity index (χ2v) is 5.40. The van der Waals surface area contributed by atoms with Crippen LogP contribution in [0.15, 0.2) is 4.52 Å². The maximum atomic E-state index is 5.68. The molecule has 0 saturated carbocycles. The first-order chi connectivity index (χ1) is 6.18. The number of nitrogens with two attached hydrogens (primary N) is 1. The lowest BCUT2D eigenvalue weighted by Crippen LogP contribution is -2.34. The number of rotatable bonds is 1. The van der Waals surface area contributed by atoms with E-state index in [9.17, 15) is 0 Å². The van der Waals surface area contributed by atoms with Gasteiger partial charge < -0.3 is 10.3 Å². The molecule has 0 aromatic carbocycles. The first-order valence-electron chi connectivity index (χ1n) is 4.90. The van der Waals surface area contributed by atoms with E-state index in [1.807, 2.05) is 6.92 Å². The van der Waals surface area contributed by atoms with Crippen LogP contribution in [0.4, 0.5) is 5.82 Å². The molecule has 80 valence electrons. The number of nitrogen functional groups attached to an aromatic ring is 1. The molecule has 3 heteroatoms. The monoisotopic (exact) mass is 196 g/mol. The fourth-order valence-corrected chi connectivity index (χ4v) is 1.27. The lowest BCUT2D eigenvalue weighted by atomic mass is 9.67. The molecule has 0 aliphatic heterocycles. The van der Waals surface area contributed by atoms with E-state index in [4.69, 9.17) is 10.3 Å². The topological polar surface area (TPSA) is 52.0 Å². The molecule has 1 rings (SSSR count). The van der Waals surface area contributed by atoms with Crippen LogP contribution in [-0.4, -0.2) is 5.16 Å². The molecule has 0 atom stereocenters. The molecule has 1 heterocycles. The molecule has 0 bridgehead atoms. The maximum Gasteiger partial charge on any atom is 0.170 e. The highest BCUT2D eigenvalue weighted by molar-refractivity contribution is 5.42. The van der Waals surface area contributed by atoms with Gasteiger partial charge in [0.05, 0.1) is 0 Å². The van der Waals surface area contributed by atoms with Crippen LogP contribution in [0.5, 0.6) is 0 Å². The smallest absolute Gasteiger partial charge is 0.170 e. The van der Waals surface area contributed by atoms with Crippen molar-refractivity contribution in [3.05, 3.63) is 11.3 Å². The summed E-state index contributed by atoms with van der Waals surface area (Å²) in [7, 11) is 0. The highest BCUT2D eigenvalue weighted by Gasteiger charge is 2.39. The Balaban J connectivity index is 3.23. The van der Waals surface area contributed by atoms with Crippen molar-refractivity contribution in [1.82, 2.24) is 5.16 Å². The van der Waals surface area contributed by atoms with Gasteiger partial charge in [-0.25, -0.2) is 0 Å². The van der Waals surface area contributed by atoms with E-state index in [2.05, 4.69) is 39.8 Å². The van der Waals surface area contributed by atoms with Crippen LogP contribution < -0.4 is 5.73 Å². The van der Waals surface area contributed by atoms with Gasteiger partial charge in [0.1, 0.15) is 5.76 Å². The SMILES string of the molecule is Cc1c(N)noc1C(C)(C)C(C)(C)C. The summed E-state index contributed by atoms with van der Waals surface area (Å²) in [6.07, 6.45) is 0. The maximum absolute atomic E-state index is 5.68. The Hall–Kier alpha value is -0.990. The normalized spacial score (nSPS) is 13.3. The first kappa shape index (κ1) is 11.1. The number of hydrogen-bond acceptors (Lipinski definition) is 3. The summed E-state index contributed by atoms with van der Waals surface area (Å²) in [6, 6.07) is 0. The lowest BCUT2D eigenvalue weighted by molar-refractivity contribution is 0.174. The van der Waals surface area contributed by atoms with Gasteiger partial charge in [0.2, 0.25) is 0 Å². The molecule has 2 N–H and O–H groups in total. The third-order valence-electron chi connectivity index (χ3n) is 3.40.